The largest absolute Gasteiger partial charge is 0.425 e. The summed E-state index contributed by atoms with van der Waals surface area (Å²) in [5, 5.41) is 12.3. The van der Waals surface area contributed by atoms with Crippen molar-refractivity contribution in [2.24, 2.45) is 0 Å². The van der Waals surface area contributed by atoms with Crippen LogP contribution in [-0.2, 0) is 26.1 Å². The summed E-state index contributed by atoms with van der Waals surface area (Å²) in [6.45, 7) is 21.0. The van der Waals surface area contributed by atoms with Crippen LogP contribution in [0.5, 0.6) is 0 Å². The Labute approximate surface area is 261 Å². The molecule has 44 heavy (non-hydrogen) atoms. The molecule has 1 aliphatic carbocycles. The average molecular weight is 639 g/mol. The Hall–Kier alpha value is -3.59. The van der Waals surface area contributed by atoms with Crippen LogP contribution in [-0.4, -0.2) is 55.5 Å². The third-order valence-electron chi connectivity index (χ3n) is 9.08. The summed E-state index contributed by atoms with van der Waals surface area (Å²) in [5.74, 6) is -0.470. The molecule has 9 nitrogen and oxygen atoms in total. The van der Waals surface area contributed by atoms with E-state index in [1.807, 2.05) is 12.1 Å². The van der Waals surface area contributed by atoms with Gasteiger partial charge in [-0.05, 0) is 91.9 Å². The molecule has 5 rings (SSSR count). The van der Waals surface area contributed by atoms with Crippen molar-refractivity contribution >= 4 is 43.1 Å². The molecular weight excluding hydrogens is 599 g/mol. The van der Waals surface area contributed by atoms with Crippen molar-refractivity contribution < 1.29 is 25.6 Å². The van der Waals surface area contributed by atoms with E-state index in [4.69, 9.17) is 12.6 Å². The van der Waals surface area contributed by atoms with Gasteiger partial charge in [0.15, 0.2) is 5.54 Å². The molecule has 0 fully saturated rings. The van der Waals surface area contributed by atoms with Gasteiger partial charge in [0, 0.05) is 43.1 Å². The van der Waals surface area contributed by atoms with Crippen molar-refractivity contribution in [1.29, 1.82) is 5.26 Å². The van der Waals surface area contributed by atoms with E-state index in [9.17, 15) is 18.2 Å². The topological polar surface area (TPSA) is 136 Å². The summed E-state index contributed by atoms with van der Waals surface area (Å²) in [6.07, 6.45) is 4.22. The van der Waals surface area contributed by atoms with Gasteiger partial charge in [0.1, 0.15) is 18.4 Å². The fraction of sp³-hybridized carbons (Fsp3) is 0.455. The third kappa shape index (κ3) is 5.67. The number of nitrogens with zero attached hydrogens (tertiary/aromatic N) is 3. The van der Waals surface area contributed by atoms with Crippen molar-refractivity contribution in [2.75, 3.05) is 23.7 Å². The van der Waals surface area contributed by atoms with Gasteiger partial charge in [-0.25, -0.2) is 4.58 Å². The standard InChI is InChI=1S/C33H39N3O3S.O3S/c1-10-35-29-14-27-24(12-22(29)20(3)16-31(35,4)5)26(18-34)25-13-23-21(19-40(37,38)39)17-32(6,7)36(11-2)30(23)15-28(25)33(27,8)9;1-4(2)3/h12-17H,10-11,19H2,1-9H3;/p+1. The van der Waals surface area contributed by atoms with E-state index in [-0.39, 0.29) is 5.54 Å². The van der Waals surface area contributed by atoms with Gasteiger partial charge in [0.25, 0.3) is 10.1 Å². The van der Waals surface area contributed by atoms with Gasteiger partial charge in [0.05, 0.1) is 16.7 Å². The van der Waals surface area contributed by atoms with E-state index in [1.54, 1.807) is 0 Å². The third-order valence-corrected chi connectivity index (χ3v) is 9.76. The maximum Gasteiger partial charge on any atom is 0.425 e. The van der Waals surface area contributed by atoms with Crippen LogP contribution in [0.4, 0.5) is 5.69 Å². The van der Waals surface area contributed by atoms with Crippen molar-refractivity contribution in [2.45, 2.75) is 78.8 Å². The molecule has 2 aromatic rings. The number of nitriles is 1. The number of hydrogen-bond donors (Lipinski definition) is 1. The molecular formula is C33H40N3O6S2+. The van der Waals surface area contributed by atoms with E-state index in [0.717, 1.165) is 51.5 Å². The molecule has 11 heteroatoms. The van der Waals surface area contributed by atoms with Crippen molar-refractivity contribution in [3.05, 3.63) is 74.8 Å². The van der Waals surface area contributed by atoms with Gasteiger partial charge in [-0.15, -0.1) is 12.6 Å². The van der Waals surface area contributed by atoms with E-state index < -0.39 is 37.4 Å². The molecule has 0 amide bonds. The normalized spacial score (nSPS) is 18.7. The molecule has 0 bridgehead atoms. The van der Waals surface area contributed by atoms with Gasteiger partial charge in [-0.2, -0.15) is 13.7 Å². The quantitative estimate of drug-likeness (QED) is 0.396. The number of likely N-dealkylation sites (N-methyl/N-ethyl adjacent to an activating group) is 2. The highest BCUT2D eigenvalue weighted by atomic mass is 32.2. The lowest BCUT2D eigenvalue weighted by molar-refractivity contribution is 0.401. The molecule has 0 aromatic heterocycles. The zero-order chi connectivity index (χ0) is 33.2. The second-order valence-electron chi connectivity index (χ2n) is 13.2. The summed E-state index contributed by atoms with van der Waals surface area (Å²) in [7, 11) is -7.37. The van der Waals surface area contributed by atoms with Crippen LogP contribution >= 0.6 is 0 Å². The second kappa shape index (κ2) is 11.1. The first-order valence-corrected chi connectivity index (χ1v) is 17.1. The Morgan fingerprint density at radius 2 is 1.55 bits per heavy atom. The zero-order valence-corrected chi connectivity index (χ0v) is 28.4. The predicted molar refractivity (Wildman–Crippen MR) is 173 cm³/mol. The van der Waals surface area contributed by atoms with E-state index in [1.165, 1.54) is 11.3 Å². The van der Waals surface area contributed by atoms with E-state index in [2.05, 4.69) is 102 Å². The highest BCUT2D eigenvalue weighted by molar-refractivity contribution is 7.86. The summed E-state index contributed by atoms with van der Waals surface area (Å²) in [6, 6.07) is 11.1. The molecule has 0 saturated heterocycles. The smallest absolute Gasteiger partial charge is 0.363 e. The van der Waals surface area contributed by atoms with E-state index >= 15 is 0 Å². The Balaban J connectivity index is 0.00000104. The molecule has 2 heterocycles. The first-order valence-electron chi connectivity index (χ1n) is 14.5. The molecule has 0 spiro atoms. The molecule has 2 aliphatic heterocycles. The van der Waals surface area contributed by atoms with Gasteiger partial charge in [0.2, 0.25) is 5.36 Å². The molecule has 1 N–H and O–H groups in total. The van der Waals surface area contributed by atoms with Crippen LogP contribution in [0.15, 0.2) is 36.4 Å². The van der Waals surface area contributed by atoms with Crippen LogP contribution in [0.2, 0.25) is 0 Å². The van der Waals surface area contributed by atoms with Crippen LogP contribution in [0.25, 0.3) is 16.7 Å². The van der Waals surface area contributed by atoms with Crippen LogP contribution < -0.4 is 20.1 Å². The van der Waals surface area contributed by atoms with Crippen LogP contribution in [0, 0.1) is 11.3 Å². The second-order valence-corrected chi connectivity index (χ2v) is 15.0. The Kier molecular flexibility index (Phi) is 8.39. The van der Waals surface area contributed by atoms with Gasteiger partial charge < -0.3 is 4.90 Å². The number of rotatable bonds is 4. The van der Waals surface area contributed by atoms with Crippen LogP contribution in [0.1, 0.15) is 90.1 Å². The first-order chi connectivity index (χ1) is 20.2. The van der Waals surface area contributed by atoms with Crippen molar-refractivity contribution in [3.8, 4) is 6.07 Å². The van der Waals surface area contributed by atoms with Crippen molar-refractivity contribution in [1.82, 2.24) is 4.58 Å². The van der Waals surface area contributed by atoms with Gasteiger partial charge >= 0.3 is 10.6 Å². The summed E-state index contributed by atoms with van der Waals surface area (Å²) >= 11 is 0. The first kappa shape index (κ1) is 33.3. The van der Waals surface area contributed by atoms with Gasteiger partial charge in [-0.1, -0.05) is 19.9 Å². The summed E-state index contributed by atoms with van der Waals surface area (Å²) in [5.41, 5.74) is 7.50. The number of anilines is 1. The lowest BCUT2D eigenvalue weighted by Crippen LogP contribution is -2.51. The Morgan fingerprint density at radius 3 is 2.07 bits per heavy atom. The molecule has 3 aliphatic rings. The lowest BCUT2D eigenvalue weighted by atomic mass is 9.68. The molecule has 0 atom stereocenters. The Bertz CT molecular complexity index is 2040. The SMILES string of the molecule is CCN1c2cc3c(cc2C(C)=CC1(C)C)C(C#N)=c1cc2c(cc1C3(C)C)=[N+](CC)C(C)(C)C=C2CS(=O)(=O)O.O=S(=O)=O. The average Bonchev–Trinajstić information content (AvgIpc) is 2.86. The Morgan fingerprint density at radius 1 is 0.932 bits per heavy atom. The lowest BCUT2D eigenvalue weighted by Gasteiger charge is -2.44. The minimum Gasteiger partial charge on any atom is -0.363 e. The fourth-order valence-corrected chi connectivity index (χ4v) is 8.05. The summed E-state index contributed by atoms with van der Waals surface area (Å²) in [4.78, 5) is 2.42. The zero-order valence-electron chi connectivity index (χ0n) is 26.7. The molecule has 0 saturated carbocycles. The maximum atomic E-state index is 12.0. The highest BCUT2D eigenvalue weighted by Gasteiger charge is 2.40. The molecule has 2 aromatic carbocycles. The number of allylic oxidation sites excluding steroid dienone is 1. The minimum absolute atomic E-state index is 0.124. The monoisotopic (exact) mass is 638 g/mol. The number of benzene rings is 2. The van der Waals surface area contributed by atoms with Gasteiger partial charge in [-0.3, -0.25) is 4.55 Å². The highest BCUT2D eigenvalue weighted by Crippen LogP contribution is 2.46. The van der Waals surface area contributed by atoms with Crippen molar-refractivity contribution in [3.63, 3.8) is 0 Å². The van der Waals surface area contributed by atoms with E-state index in [0.29, 0.717) is 11.1 Å². The maximum absolute atomic E-state index is 12.0. The molecule has 0 radical (unpaired) electrons. The minimum atomic E-state index is -4.26. The summed E-state index contributed by atoms with van der Waals surface area (Å²) < 4.78 is 61.5. The van der Waals surface area contributed by atoms with Crippen LogP contribution in [0.3, 0.4) is 0 Å². The fourth-order valence-electron chi connectivity index (χ4n) is 7.41. The molecule has 0 unspecified atom stereocenters. The molecule has 234 valence electrons. The number of fused-ring (bicyclic) bond motifs is 4. The predicted octanol–water partition coefficient (Wildman–Crippen LogP) is 3.64. The number of hydrogen-bond acceptors (Lipinski definition) is 7.